The topological polar surface area (TPSA) is 50.3 Å². The van der Waals surface area contributed by atoms with Gasteiger partial charge >= 0.3 is 0 Å². The first kappa shape index (κ1) is 14.2. The van der Waals surface area contributed by atoms with Crippen molar-refractivity contribution in [1.82, 2.24) is 15.5 Å². The van der Waals surface area contributed by atoms with Gasteiger partial charge in [0.05, 0.1) is 18.9 Å². The molecule has 0 bridgehead atoms. The molecule has 5 nitrogen and oxygen atoms in total. The van der Waals surface area contributed by atoms with E-state index < -0.39 is 0 Å². The van der Waals surface area contributed by atoms with Crippen molar-refractivity contribution in [3.8, 4) is 0 Å². The summed E-state index contributed by atoms with van der Waals surface area (Å²) in [7, 11) is 2.04. The van der Waals surface area contributed by atoms with E-state index in [9.17, 15) is 0 Å². The molecule has 0 radical (unpaired) electrons. The fraction of sp³-hybridized carbons (Fsp3) is 0.714. The molecule has 0 aliphatic carbocycles. The minimum atomic E-state index is 0.0445. The fourth-order valence-electron chi connectivity index (χ4n) is 2.09. The van der Waals surface area contributed by atoms with Crippen LogP contribution in [0.2, 0.25) is 0 Å². The normalized spacial score (nSPS) is 20.3. The van der Waals surface area contributed by atoms with Crippen LogP contribution < -0.4 is 10.2 Å². The summed E-state index contributed by atoms with van der Waals surface area (Å²) in [5, 5.41) is 12.1. The van der Waals surface area contributed by atoms with Crippen molar-refractivity contribution in [2.45, 2.75) is 32.2 Å². The van der Waals surface area contributed by atoms with E-state index in [0.29, 0.717) is 6.04 Å². The van der Waals surface area contributed by atoms with Gasteiger partial charge in [-0.15, -0.1) is 5.10 Å². The molecule has 1 fully saturated rings. The molecule has 0 saturated carbocycles. The second-order valence-electron chi connectivity index (χ2n) is 6.13. The van der Waals surface area contributed by atoms with E-state index in [1.807, 2.05) is 13.1 Å². The van der Waals surface area contributed by atoms with Gasteiger partial charge in [-0.25, -0.2) is 0 Å². The monoisotopic (exact) mass is 264 g/mol. The molecule has 1 aliphatic rings. The van der Waals surface area contributed by atoms with Crippen LogP contribution in [0.1, 0.15) is 26.5 Å². The van der Waals surface area contributed by atoms with Crippen LogP contribution in [0, 0.1) is 0 Å². The maximum absolute atomic E-state index is 5.46. The summed E-state index contributed by atoms with van der Waals surface area (Å²) in [6.45, 7) is 9.80. The maximum atomic E-state index is 5.46. The van der Waals surface area contributed by atoms with Crippen LogP contribution in [0.15, 0.2) is 12.1 Å². The number of ether oxygens (including phenoxy) is 1. The maximum Gasteiger partial charge on any atom is 0.151 e. The number of likely N-dealkylation sites (N-methyl/N-ethyl adjacent to an activating group) is 1. The van der Waals surface area contributed by atoms with Gasteiger partial charge in [-0.3, -0.25) is 0 Å². The number of hydrogen-bond acceptors (Lipinski definition) is 5. The summed E-state index contributed by atoms with van der Waals surface area (Å²) >= 11 is 0. The Morgan fingerprint density at radius 1 is 1.37 bits per heavy atom. The summed E-state index contributed by atoms with van der Waals surface area (Å²) in [6.07, 6.45) is 0. The number of rotatable bonds is 3. The van der Waals surface area contributed by atoms with Crippen LogP contribution in [0.4, 0.5) is 5.82 Å². The molecule has 5 heteroatoms. The molecule has 0 spiro atoms. The van der Waals surface area contributed by atoms with Gasteiger partial charge in [-0.1, -0.05) is 20.8 Å². The van der Waals surface area contributed by atoms with Gasteiger partial charge in [0.25, 0.3) is 0 Å². The van der Waals surface area contributed by atoms with Gasteiger partial charge in [-0.2, -0.15) is 5.10 Å². The first-order valence-corrected chi connectivity index (χ1v) is 6.83. The second kappa shape index (κ2) is 5.84. The third-order valence-corrected chi connectivity index (χ3v) is 3.30. The van der Waals surface area contributed by atoms with Gasteiger partial charge < -0.3 is 15.0 Å². The molecule has 106 valence electrons. The quantitative estimate of drug-likeness (QED) is 0.889. The summed E-state index contributed by atoms with van der Waals surface area (Å²) < 4.78 is 5.46. The van der Waals surface area contributed by atoms with Crippen LogP contribution in [0.25, 0.3) is 0 Å². The summed E-state index contributed by atoms with van der Waals surface area (Å²) in [6, 6.07) is 4.46. The largest absolute Gasteiger partial charge is 0.378 e. The van der Waals surface area contributed by atoms with Crippen LogP contribution >= 0.6 is 0 Å². The third-order valence-electron chi connectivity index (χ3n) is 3.30. The number of morpholine rings is 1. The Bertz CT molecular complexity index is 393. The van der Waals surface area contributed by atoms with Crippen molar-refractivity contribution in [2.24, 2.45) is 0 Å². The molecular weight excluding hydrogens is 240 g/mol. The van der Waals surface area contributed by atoms with Gasteiger partial charge in [-0.05, 0) is 12.1 Å². The average Bonchev–Trinajstić information content (AvgIpc) is 2.39. The predicted molar refractivity (Wildman–Crippen MR) is 76.6 cm³/mol. The molecule has 1 aromatic heterocycles. The fourth-order valence-corrected chi connectivity index (χ4v) is 2.09. The summed E-state index contributed by atoms with van der Waals surface area (Å²) in [4.78, 5) is 2.12. The Labute approximate surface area is 115 Å². The Morgan fingerprint density at radius 3 is 2.68 bits per heavy atom. The number of hydrogen-bond donors (Lipinski definition) is 1. The number of nitrogens with one attached hydrogen (secondary N) is 1. The minimum Gasteiger partial charge on any atom is -0.378 e. The summed E-state index contributed by atoms with van der Waals surface area (Å²) in [5.74, 6) is 0.903. The van der Waals surface area contributed by atoms with Crippen LogP contribution in [-0.4, -0.2) is 49.6 Å². The molecule has 2 rings (SSSR count). The van der Waals surface area contributed by atoms with Crippen molar-refractivity contribution < 1.29 is 4.74 Å². The molecule has 1 aliphatic heterocycles. The van der Waals surface area contributed by atoms with Crippen molar-refractivity contribution in [3.05, 3.63) is 17.8 Å². The highest BCUT2D eigenvalue weighted by Gasteiger charge is 2.18. The molecule has 2 heterocycles. The van der Waals surface area contributed by atoms with Crippen molar-refractivity contribution in [2.75, 3.05) is 38.3 Å². The smallest absolute Gasteiger partial charge is 0.151 e. The zero-order chi connectivity index (χ0) is 13.9. The molecular formula is C14H24N4O. The molecule has 1 N–H and O–H groups in total. The minimum absolute atomic E-state index is 0.0445. The van der Waals surface area contributed by atoms with Crippen molar-refractivity contribution in [3.63, 3.8) is 0 Å². The number of nitrogens with zero attached hydrogens (tertiary/aromatic N) is 3. The van der Waals surface area contributed by atoms with Crippen LogP contribution in [-0.2, 0) is 10.2 Å². The van der Waals surface area contributed by atoms with Crippen LogP contribution in [0.5, 0.6) is 0 Å². The summed E-state index contributed by atoms with van der Waals surface area (Å²) in [5.41, 5.74) is 1.06. The first-order chi connectivity index (χ1) is 8.97. The van der Waals surface area contributed by atoms with Gasteiger partial charge in [0.1, 0.15) is 0 Å². The molecule has 1 unspecified atom stereocenters. The molecule has 0 amide bonds. The number of anilines is 1. The van der Waals surface area contributed by atoms with E-state index in [-0.39, 0.29) is 5.41 Å². The van der Waals surface area contributed by atoms with E-state index in [2.05, 4.69) is 47.3 Å². The average molecular weight is 264 g/mol. The lowest BCUT2D eigenvalue weighted by Gasteiger charge is -2.28. The highest BCUT2D eigenvalue weighted by molar-refractivity contribution is 5.37. The second-order valence-corrected chi connectivity index (χ2v) is 6.13. The Morgan fingerprint density at radius 2 is 2.16 bits per heavy atom. The highest BCUT2D eigenvalue weighted by atomic mass is 16.5. The Kier molecular flexibility index (Phi) is 4.37. The lowest BCUT2D eigenvalue weighted by Crippen LogP contribution is -2.47. The highest BCUT2D eigenvalue weighted by Crippen LogP contribution is 2.20. The van der Waals surface area contributed by atoms with E-state index >= 15 is 0 Å². The van der Waals surface area contributed by atoms with E-state index in [0.717, 1.165) is 37.8 Å². The first-order valence-electron chi connectivity index (χ1n) is 6.83. The van der Waals surface area contributed by atoms with Gasteiger partial charge in [0.15, 0.2) is 5.82 Å². The van der Waals surface area contributed by atoms with E-state index in [4.69, 9.17) is 4.74 Å². The van der Waals surface area contributed by atoms with E-state index in [1.165, 1.54) is 0 Å². The SMILES string of the molecule is CN(CC1COCCN1)c1ccc(C(C)(C)C)nn1. The standard InChI is InChI=1S/C14H24N4O/c1-14(2,3)12-5-6-13(17-16-12)18(4)9-11-10-19-8-7-15-11/h5-6,11,15H,7-10H2,1-4H3. The van der Waals surface area contributed by atoms with E-state index in [1.54, 1.807) is 0 Å². The van der Waals surface area contributed by atoms with Gasteiger partial charge in [0.2, 0.25) is 0 Å². The molecule has 1 atom stereocenters. The molecule has 1 aromatic rings. The lowest BCUT2D eigenvalue weighted by atomic mass is 9.92. The molecule has 19 heavy (non-hydrogen) atoms. The Balaban J connectivity index is 1.97. The zero-order valence-corrected chi connectivity index (χ0v) is 12.3. The van der Waals surface area contributed by atoms with Crippen LogP contribution in [0.3, 0.4) is 0 Å². The molecule has 1 saturated heterocycles. The van der Waals surface area contributed by atoms with Gasteiger partial charge in [0, 0.05) is 31.6 Å². The van der Waals surface area contributed by atoms with Crippen molar-refractivity contribution in [1.29, 1.82) is 0 Å². The van der Waals surface area contributed by atoms with Crippen molar-refractivity contribution >= 4 is 5.82 Å². The third kappa shape index (κ3) is 3.88. The predicted octanol–water partition coefficient (Wildman–Crippen LogP) is 1.20. The molecule has 0 aromatic carbocycles. The zero-order valence-electron chi connectivity index (χ0n) is 12.3. The Hall–Kier alpha value is -1.20. The number of aromatic nitrogens is 2. The lowest BCUT2D eigenvalue weighted by molar-refractivity contribution is 0.0790.